The predicted octanol–water partition coefficient (Wildman–Crippen LogP) is 5.27. The van der Waals surface area contributed by atoms with Crippen LogP contribution in [0.5, 0.6) is 0 Å². The number of nitro groups is 1. The number of carbonyl (C=O) groups is 1. The smallest absolute Gasteiger partial charge is 0.344 e. The molecule has 1 N–H and O–H groups in total. The number of amides is 1. The largest absolute Gasteiger partial charge is 0.422 e. The monoisotopic (exact) mass is 420 g/mol. The van der Waals surface area contributed by atoms with Crippen molar-refractivity contribution in [1.82, 2.24) is 0 Å². The summed E-state index contributed by atoms with van der Waals surface area (Å²) in [7, 11) is 0. The van der Waals surface area contributed by atoms with Crippen LogP contribution in [-0.2, 0) is 0 Å². The number of benzene rings is 3. The molecule has 0 saturated carbocycles. The van der Waals surface area contributed by atoms with E-state index < -0.39 is 16.5 Å². The lowest BCUT2D eigenvalue weighted by Gasteiger charge is -2.08. The quantitative estimate of drug-likeness (QED) is 0.275. The fraction of sp³-hybridized carbons (Fsp3) is 0. The number of hydrogen-bond acceptors (Lipinski definition) is 5. The summed E-state index contributed by atoms with van der Waals surface area (Å²) in [4.78, 5) is 34.9. The van der Waals surface area contributed by atoms with E-state index in [2.05, 4.69) is 5.32 Å². The molecule has 0 radical (unpaired) electrons. The number of carbonyl (C=O) groups excluding carboxylic acids is 1. The van der Waals surface area contributed by atoms with Gasteiger partial charge in [-0.3, -0.25) is 14.9 Å². The van der Waals surface area contributed by atoms with Crippen molar-refractivity contribution in [3.63, 3.8) is 0 Å². The molecule has 0 aliphatic heterocycles. The van der Waals surface area contributed by atoms with E-state index >= 15 is 0 Å². The molecule has 0 atom stereocenters. The van der Waals surface area contributed by atoms with Gasteiger partial charge < -0.3 is 9.73 Å². The van der Waals surface area contributed by atoms with E-state index in [1.54, 1.807) is 42.5 Å². The molecular formula is C22H13ClN2O5. The Bertz CT molecular complexity index is 1350. The molecule has 1 heterocycles. The molecule has 0 bridgehead atoms. The van der Waals surface area contributed by atoms with Crippen LogP contribution < -0.4 is 10.9 Å². The number of para-hydroxylation sites is 1. The first-order valence-electron chi connectivity index (χ1n) is 8.81. The Kier molecular flexibility index (Phi) is 5.04. The lowest BCUT2D eigenvalue weighted by atomic mass is 10.1. The molecule has 0 fully saturated rings. The Morgan fingerprint density at radius 3 is 2.43 bits per heavy atom. The van der Waals surface area contributed by atoms with Gasteiger partial charge in [0.1, 0.15) is 5.58 Å². The SMILES string of the molecule is O=C(Nc1ccc(-c2cc3ccccc3oc2=O)cc1)c1ccc([N+](=O)[O-])cc1Cl. The second kappa shape index (κ2) is 7.81. The molecule has 7 nitrogen and oxygen atoms in total. The van der Waals surface area contributed by atoms with E-state index in [1.807, 2.05) is 12.1 Å². The van der Waals surface area contributed by atoms with Crippen LogP contribution in [0.1, 0.15) is 10.4 Å². The Balaban J connectivity index is 1.57. The molecule has 0 unspecified atom stereocenters. The van der Waals surface area contributed by atoms with Crippen LogP contribution in [0.15, 0.2) is 82.0 Å². The maximum Gasteiger partial charge on any atom is 0.344 e. The molecule has 4 aromatic rings. The molecule has 0 saturated heterocycles. The zero-order valence-electron chi connectivity index (χ0n) is 15.3. The lowest BCUT2D eigenvalue weighted by Crippen LogP contribution is -2.12. The Morgan fingerprint density at radius 2 is 1.73 bits per heavy atom. The van der Waals surface area contributed by atoms with Gasteiger partial charge >= 0.3 is 5.63 Å². The zero-order valence-corrected chi connectivity index (χ0v) is 16.1. The van der Waals surface area contributed by atoms with E-state index in [4.69, 9.17) is 16.0 Å². The van der Waals surface area contributed by atoms with Crippen LogP contribution in [0.25, 0.3) is 22.1 Å². The zero-order chi connectivity index (χ0) is 21.3. The van der Waals surface area contributed by atoms with E-state index in [0.717, 1.165) is 11.5 Å². The van der Waals surface area contributed by atoms with Gasteiger partial charge in [-0.2, -0.15) is 0 Å². The minimum Gasteiger partial charge on any atom is -0.422 e. The maximum absolute atomic E-state index is 12.4. The fourth-order valence-electron chi connectivity index (χ4n) is 3.00. The molecular weight excluding hydrogens is 408 g/mol. The highest BCUT2D eigenvalue weighted by Crippen LogP contribution is 2.25. The first-order valence-corrected chi connectivity index (χ1v) is 9.19. The van der Waals surface area contributed by atoms with E-state index in [-0.39, 0.29) is 16.3 Å². The predicted molar refractivity (Wildman–Crippen MR) is 114 cm³/mol. The fourth-order valence-corrected chi connectivity index (χ4v) is 3.26. The van der Waals surface area contributed by atoms with Crippen LogP contribution in [-0.4, -0.2) is 10.8 Å². The second-order valence-electron chi connectivity index (χ2n) is 6.44. The van der Waals surface area contributed by atoms with Gasteiger partial charge in [-0.25, -0.2) is 4.79 Å². The molecule has 3 aromatic carbocycles. The molecule has 0 aliphatic rings. The van der Waals surface area contributed by atoms with Crippen molar-refractivity contribution >= 4 is 39.9 Å². The van der Waals surface area contributed by atoms with Crippen molar-refractivity contribution in [2.45, 2.75) is 0 Å². The van der Waals surface area contributed by atoms with Gasteiger partial charge in [0.2, 0.25) is 0 Å². The highest BCUT2D eigenvalue weighted by atomic mass is 35.5. The summed E-state index contributed by atoms with van der Waals surface area (Å²) in [5, 5.41) is 14.2. The van der Waals surface area contributed by atoms with Crippen LogP contribution >= 0.6 is 11.6 Å². The van der Waals surface area contributed by atoms with Crippen LogP contribution in [0.3, 0.4) is 0 Å². The summed E-state index contributed by atoms with van der Waals surface area (Å²) in [6.45, 7) is 0. The summed E-state index contributed by atoms with van der Waals surface area (Å²) in [5.41, 5.74) is 1.49. The molecule has 0 aliphatic carbocycles. The van der Waals surface area contributed by atoms with Gasteiger partial charge in [0.15, 0.2) is 0 Å². The maximum atomic E-state index is 12.4. The van der Waals surface area contributed by atoms with Crippen molar-refractivity contribution in [2.75, 3.05) is 5.32 Å². The molecule has 1 amide bonds. The number of halogens is 1. The minimum atomic E-state index is -0.588. The summed E-state index contributed by atoms with van der Waals surface area (Å²) in [5.74, 6) is -0.507. The van der Waals surface area contributed by atoms with E-state index in [1.165, 1.54) is 12.1 Å². The second-order valence-corrected chi connectivity index (χ2v) is 6.85. The third-order valence-corrected chi connectivity index (χ3v) is 4.82. The number of nitrogens with one attached hydrogen (secondary N) is 1. The summed E-state index contributed by atoms with van der Waals surface area (Å²) in [6.07, 6.45) is 0. The molecule has 1 aromatic heterocycles. The number of nitrogens with zero attached hydrogens (tertiary/aromatic N) is 1. The average molecular weight is 421 g/mol. The third-order valence-electron chi connectivity index (χ3n) is 4.50. The number of fused-ring (bicyclic) bond motifs is 1. The number of hydrogen-bond donors (Lipinski definition) is 1. The molecule has 0 spiro atoms. The molecule has 4 rings (SSSR count). The molecule has 8 heteroatoms. The Labute approximate surface area is 174 Å². The topological polar surface area (TPSA) is 102 Å². The highest BCUT2D eigenvalue weighted by molar-refractivity contribution is 6.34. The summed E-state index contributed by atoms with van der Waals surface area (Å²) < 4.78 is 5.35. The minimum absolute atomic E-state index is 0.0212. The summed E-state index contributed by atoms with van der Waals surface area (Å²) >= 11 is 5.99. The number of rotatable bonds is 4. The van der Waals surface area contributed by atoms with Crippen molar-refractivity contribution in [3.05, 3.63) is 104 Å². The van der Waals surface area contributed by atoms with Gasteiger partial charge in [-0.1, -0.05) is 41.9 Å². The standard InChI is InChI=1S/C22H13ClN2O5/c23-19-12-16(25(28)29)9-10-17(19)21(26)24-15-7-5-13(6-8-15)18-11-14-3-1-2-4-20(14)30-22(18)27/h1-12H,(H,24,26). The van der Waals surface area contributed by atoms with Gasteiger partial charge in [0.05, 0.1) is 21.1 Å². The van der Waals surface area contributed by atoms with E-state index in [9.17, 15) is 19.7 Å². The van der Waals surface area contributed by atoms with Gasteiger partial charge in [0.25, 0.3) is 11.6 Å². The molecule has 148 valence electrons. The van der Waals surface area contributed by atoms with Crippen LogP contribution in [0.2, 0.25) is 5.02 Å². The first kappa shape index (κ1) is 19.4. The van der Waals surface area contributed by atoms with E-state index in [0.29, 0.717) is 22.4 Å². The average Bonchev–Trinajstić information content (AvgIpc) is 2.73. The number of non-ortho nitro benzene ring substituents is 1. The van der Waals surface area contributed by atoms with Crippen molar-refractivity contribution < 1.29 is 14.1 Å². The molecule has 30 heavy (non-hydrogen) atoms. The first-order chi connectivity index (χ1) is 14.4. The van der Waals surface area contributed by atoms with Crippen molar-refractivity contribution in [1.29, 1.82) is 0 Å². The normalized spacial score (nSPS) is 10.7. The highest BCUT2D eigenvalue weighted by Gasteiger charge is 2.15. The number of anilines is 1. The third kappa shape index (κ3) is 3.78. The lowest BCUT2D eigenvalue weighted by molar-refractivity contribution is -0.384. The van der Waals surface area contributed by atoms with Crippen LogP contribution in [0.4, 0.5) is 11.4 Å². The Hall–Kier alpha value is -3.97. The number of nitro benzene ring substituents is 1. The van der Waals surface area contributed by atoms with Crippen LogP contribution in [0, 0.1) is 10.1 Å². The Morgan fingerprint density at radius 1 is 1.00 bits per heavy atom. The van der Waals surface area contributed by atoms with Gasteiger partial charge in [-0.15, -0.1) is 0 Å². The van der Waals surface area contributed by atoms with Gasteiger partial charge in [-0.05, 0) is 35.9 Å². The van der Waals surface area contributed by atoms with Crippen molar-refractivity contribution in [2.24, 2.45) is 0 Å². The van der Waals surface area contributed by atoms with Crippen molar-refractivity contribution in [3.8, 4) is 11.1 Å². The summed E-state index contributed by atoms with van der Waals surface area (Å²) in [6, 6.07) is 19.3. The van der Waals surface area contributed by atoms with Gasteiger partial charge in [0, 0.05) is 23.2 Å².